The first-order chi connectivity index (χ1) is 8.97. The molecule has 19 heavy (non-hydrogen) atoms. The molecule has 0 unspecified atom stereocenters. The number of sulfonamides is 1. The van der Waals surface area contributed by atoms with Crippen molar-refractivity contribution in [2.24, 2.45) is 5.14 Å². The molecular formula is C13H13N3O2S. The number of nitriles is 1. The monoisotopic (exact) mass is 275 g/mol. The summed E-state index contributed by atoms with van der Waals surface area (Å²) >= 11 is 0. The van der Waals surface area contributed by atoms with E-state index < -0.39 is 10.0 Å². The van der Waals surface area contributed by atoms with Crippen LogP contribution in [0.15, 0.2) is 35.2 Å². The highest BCUT2D eigenvalue weighted by molar-refractivity contribution is 7.89. The summed E-state index contributed by atoms with van der Waals surface area (Å²) in [6.45, 7) is 2.63. The number of fused-ring (bicyclic) bond motifs is 1. The number of nitrogens with one attached hydrogen (secondary N) is 1. The molecule has 0 saturated heterocycles. The van der Waals surface area contributed by atoms with Crippen molar-refractivity contribution in [2.45, 2.75) is 11.8 Å². The lowest BCUT2D eigenvalue weighted by Gasteiger charge is -2.10. The molecule has 0 aliphatic rings. The maximum Gasteiger partial charge on any atom is 0.238 e. The van der Waals surface area contributed by atoms with Crippen molar-refractivity contribution < 1.29 is 8.42 Å². The third-order valence-electron chi connectivity index (χ3n) is 2.80. The molecule has 0 atom stereocenters. The van der Waals surface area contributed by atoms with Gasteiger partial charge in [0.05, 0.1) is 16.5 Å². The van der Waals surface area contributed by atoms with Gasteiger partial charge in [-0.05, 0) is 31.2 Å². The molecule has 0 spiro atoms. The molecule has 0 aliphatic heterocycles. The second kappa shape index (κ2) is 4.88. The molecule has 98 valence electrons. The Balaban J connectivity index is 2.82. The van der Waals surface area contributed by atoms with Gasteiger partial charge in [-0.25, -0.2) is 13.6 Å². The summed E-state index contributed by atoms with van der Waals surface area (Å²) < 4.78 is 22.8. The van der Waals surface area contributed by atoms with Gasteiger partial charge in [-0.3, -0.25) is 0 Å². The van der Waals surface area contributed by atoms with Gasteiger partial charge in [-0.1, -0.05) is 6.07 Å². The Morgan fingerprint density at radius 1 is 1.26 bits per heavy atom. The molecule has 2 aromatic rings. The molecular weight excluding hydrogens is 262 g/mol. The Labute approximate surface area is 111 Å². The topological polar surface area (TPSA) is 96.0 Å². The van der Waals surface area contributed by atoms with Crippen LogP contribution in [0.2, 0.25) is 0 Å². The number of hydrogen-bond acceptors (Lipinski definition) is 4. The summed E-state index contributed by atoms with van der Waals surface area (Å²) in [6, 6.07) is 10.1. The lowest BCUT2D eigenvalue weighted by Crippen LogP contribution is -2.12. The van der Waals surface area contributed by atoms with Gasteiger partial charge in [0.25, 0.3) is 0 Å². The molecule has 0 saturated carbocycles. The van der Waals surface area contributed by atoms with E-state index >= 15 is 0 Å². The van der Waals surface area contributed by atoms with E-state index in [1.165, 1.54) is 12.1 Å². The van der Waals surface area contributed by atoms with Crippen molar-refractivity contribution in [3.63, 3.8) is 0 Å². The van der Waals surface area contributed by atoms with Crippen LogP contribution in [0.1, 0.15) is 12.5 Å². The standard InChI is InChI=1S/C13H13N3O2S/c1-2-16-13-6-3-9(8-14)11-5-4-10(7-12(11)13)19(15,17)18/h3-7,16H,2H2,1H3,(H2,15,17,18). The number of rotatable bonds is 3. The maximum absolute atomic E-state index is 11.4. The molecule has 2 rings (SSSR count). The molecule has 0 heterocycles. The van der Waals surface area contributed by atoms with Gasteiger partial charge in [-0.15, -0.1) is 0 Å². The van der Waals surface area contributed by atoms with Crippen molar-refractivity contribution in [1.29, 1.82) is 5.26 Å². The van der Waals surface area contributed by atoms with Crippen molar-refractivity contribution in [1.82, 2.24) is 0 Å². The van der Waals surface area contributed by atoms with Crippen LogP contribution in [0.5, 0.6) is 0 Å². The third-order valence-corrected chi connectivity index (χ3v) is 3.72. The number of primary sulfonamides is 1. The van der Waals surface area contributed by atoms with Crippen LogP contribution in [0.3, 0.4) is 0 Å². The van der Waals surface area contributed by atoms with Gasteiger partial charge in [-0.2, -0.15) is 5.26 Å². The van der Waals surface area contributed by atoms with Gasteiger partial charge >= 0.3 is 0 Å². The average Bonchev–Trinajstić information content (AvgIpc) is 2.38. The number of benzene rings is 2. The Bertz CT molecular complexity index is 776. The summed E-state index contributed by atoms with van der Waals surface area (Å²) in [4.78, 5) is 0.0363. The second-order valence-corrected chi connectivity index (χ2v) is 5.62. The summed E-state index contributed by atoms with van der Waals surface area (Å²) in [7, 11) is -3.76. The van der Waals surface area contributed by atoms with Gasteiger partial charge < -0.3 is 5.32 Å². The zero-order chi connectivity index (χ0) is 14.0. The third kappa shape index (κ3) is 2.52. The van der Waals surface area contributed by atoms with E-state index in [0.29, 0.717) is 22.9 Å². The van der Waals surface area contributed by atoms with Gasteiger partial charge in [0.15, 0.2) is 0 Å². The van der Waals surface area contributed by atoms with Crippen LogP contribution in [0.25, 0.3) is 10.8 Å². The summed E-state index contributed by atoms with van der Waals surface area (Å²) in [5.74, 6) is 0. The predicted molar refractivity (Wildman–Crippen MR) is 74.2 cm³/mol. The first-order valence-electron chi connectivity index (χ1n) is 5.71. The molecule has 6 heteroatoms. The van der Waals surface area contributed by atoms with E-state index in [1.807, 2.05) is 6.92 Å². The highest BCUT2D eigenvalue weighted by Gasteiger charge is 2.12. The molecule has 0 fully saturated rings. The van der Waals surface area contributed by atoms with Crippen molar-refractivity contribution in [3.8, 4) is 6.07 Å². The van der Waals surface area contributed by atoms with Crippen LogP contribution < -0.4 is 10.5 Å². The fraction of sp³-hybridized carbons (Fsp3) is 0.154. The van der Waals surface area contributed by atoms with Crippen molar-refractivity contribution >= 4 is 26.5 Å². The molecule has 2 aromatic carbocycles. The van der Waals surface area contributed by atoms with Crippen LogP contribution >= 0.6 is 0 Å². The minimum Gasteiger partial charge on any atom is -0.385 e. The highest BCUT2D eigenvalue weighted by atomic mass is 32.2. The SMILES string of the molecule is CCNc1ccc(C#N)c2ccc(S(N)(=O)=O)cc12. The quantitative estimate of drug-likeness (QED) is 0.892. The number of hydrogen-bond donors (Lipinski definition) is 2. The summed E-state index contributed by atoms with van der Waals surface area (Å²) in [5.41, 5.74) is 1.28. The molecule has 0 amide bonds. The summed E-state index contributed by atoms with van der Waals surface area (Å²) in [6.07, 6.45) is 0. The van der Waals surface area contributed by atoms with Crippen LogP contribution in [-0.4, -0.2) is 15.0 Å². The van der Waals surface area contributed by atoms with E-state index in [4.69, 9.17) is 10.4 Å². The highest BCUT2D eigenvalue weighted by Crippen LogP contribution is 2.28. The van der Waals surface area contributed by atoms with Gasteiger partial charge in [0.1, 0.15) is 0 Å². The van der Waals surface area contributed by atoms with E-state index in [2.05, 4.69) is 11.4 Å². The van der Waals surface area contributed by atoms with E-state index in [9.17, 15) is 8.42 Å². The zero-order valence-electron chi connectivity index (χ0n) is 10.3. The van der Waals surface area contributed by atoms with Crippen LogP contribution in [0, 0.1) is 11.3 Å². The largest absolute Gasteiger partial charge is 0.385 e. The zero-order valence-corrected chi connectivity index (χ0v) is 11.2. The first-order valence-corrected chi connectivity index (χ1v) is 7.25. The molecule has 5 nitrogen and oxygen atoms in total. The average molecular weight is 275 g/mol. The van der Waals surface area contributed by atoms with E-state index in [-0.39, 0.29) is 4.90 Å². The minimum absolute atomic E-state index is 0.0363. The molecule has 0 aromatic heterocycles. The Morgan fingerprint density at radius 2 is 2.00 bits per heavy atom. The normalized spacial score (nSPS) is 11.2. The Morgan fingerprint density at radius 3 is 2.58 bits per heavy atom. The molecule has 0 aliphatic carbocycles. The van der Waals surface area contributed by atoms with Crippen molar-refractivity contribution in [2.75, 3.05) is 11.9 Å². The number of anilines is 1. The minimum atomic E-state index is -3.76. The maximum atomic E-state index is 11.4. The van der Waals surface area contributed by atoms with Crippen LogP contribution in [0.4, 0.5) is 5.69 Å². The fourth-order valence-corrected chi connectivity index (χ4v) is 2.49. The first kappa shape index (κ1) is 13.3. The van der Waals surface area contributed by atoms with Crippen LogP contribution in [-0.2, 0) is 10.0 Å². The molecule has 0 radical (unpaired) electrons. The molecule has 3 N–H and O–H groups in total. The van der Waals surface area contributed by atoms with Crippen molar-refractivity contribution in [3.05, 3.63) is 35.9 Å². The van der Waals surface area contributed by atoms with E-state index in [0.717, 1.165) is 5.69 Å². The smallest absolute Gasteiger partial charge is 0.238 e. The molecule has 0 bridgehead atoms. The lowest BCUT2D eigenvalue weighted by atomic mass is 10.0. The summed E-state index contributed by atoms with van der Waals surface area (Å²) in [5, 5.41) is 18.7. The number of nitrogens with zero attached hydrogens (tertiary/aromatic N) is 1. The lowest BCUT2D eigenvalue weighted by molar-refractivity contribution is 0.598. The predicted octanol–water partition coefficient (Wildman–Crippen LogP) is 1.79. The van der Waals surface area contributed by atoms with E-state index in [1.54, 1.807) is 18.2 Å². The van der Waals surface area contributed by atoms with Gasteiger partial charge in [0.2, 0.25) is 10.0 Å². The second-order valence-electron chi connectivity index (χ2n) is 4.06. The van der Waals surface area contributed by atoms with Gasteiger partial charge in [0, 0.05) is 23.0 Å². The fourth-order valence-electron chi connectivity index (χ4n) is 1.95. The Hall–Kier alpha value is -2.10. The Kier molecular flexibility index (Phi) is 3.42. The number of nitrogens with two attached hydrogens (primary N) is 1.